The molecule has 1 N–H and O–H groups in total. The molecule has 0 aliphatic carbocycles. The van der Waals surface area contributed by atoms with Gasteiger partial charge in [-0.25, -0.2) is 14.3 Å². The van der Waals surface area contributed by atoms with Crippen molar-refractivity contribution in [2.75, 3.05) is 4.90 Å². The highest BCUT2D eigenvalue weighted by Gasteiger charge is 2.48. The molecule has 1 aliphatic heterocycles. The van der Waals surface area contributed by atoms with Gasteiger partial charge in [0.15, 0.2) is 10.7 Å². The van der Waals surface area contributed by atoms with Crippen molar-refractivity contribution >= 4 is 44.2 Å². The largest absolute Gasteiger partial charge is 0.481 e. The number of ether oxygens (including phenoxy) is 1. The first-order valence-electron chi connectivity index (χ1n) is 8.76. The number of halogens is 1. The van der Waals surface area contributed by atoms with Gasteiger partial charge in [0.25, 0.3) is 5.91 Å². The topological polar surface area (TPSA) is 79.7 Å². The highest BCUT2D eigenvalue weighted by molar-refractivity contribution is 7.22. The van der Waals surface area contributed by atoms with Crippen LogP contribution in [0.2, 0.25) is 0 Å². The predicted octanol–water partition coefficient (Wildman–Crippen LogP) is 4.29. The molecule has 0 saturated heterocycles. The van der Waals surface area contributed by atoms with Crippen LogP contribution in [0.5, 0.6) is 5.75 Å². The molecule has 0 bridgehead atoms. The second kappa shape index (κ2) is 6.56. The average Bonchev–Trinajstić information content (AvgIpc) is 3.04. The number of rotatable bonds is 4. The molecule has 6 nitrogen and oxygen atoms in total. The van der Waals surface area contributed by atoms with Crippen LogP contribution < -0.4 is 9.64 Å². The van der Waals surface area contributed by atoms with Crippen LogP contribution in [0.15, 0.2) is 36.4 Å². The Hall–Kier alpha value is -3.00. The second-order valence-corrected chi connectivity index (χ2v) is 7.78. The van der Waals surface area contributed by atoms with E-state index < -0.39 is 29.7 Å². The quantitative estimate of drug-likeness (QED) is 0.707. The van der Waals surface area contributed by atoms with Crippen molar-refractivity contribution in [2.45, 2.75) is 32.3 Å². The van der Waals surface area contributed by atoms with Gasteiger partial charge in [0.05, 0.1) is 22.3 Å². The van der Waals surface area contributed by atoms with Crippen molar-refractivity contribution in [1.29, 1.82) is 0 Å². The van der Waals surface area contributed by atoms with E-state index in [0.29, 0.717) is 28.5 Å². The van der Waals surface area contributed by atoms with Crippen molar-refractivity contribution in [3.8, 4) is 5.75 Å². The number of carbonyl (C=O) groups is 2. The highest BCUT2D eigenvalue weighted by Crippen LogP contribution is 2.46. The minimum Gasteiger partial charge on any atom is -0.481 e. The van der Waals surface area contributed by atoms with E-state index in [1.165, 1.54) is 35.3 Å². The number of fused-ring (bicyclic) bond motifs is 2. The van der Waals surface area contributed by atoms with E-state index in [1.54, 1.807) is 18.2 Å². The third-order valence-corrected chi connectivity index (χ3v) is 5.72. The normalized spacial score (nSPS) is 18.8. The Morgan fingerprint density at radius 3 is 2.86 bits per heavy atom. The van der Waals surface area contributed by atoms with Crippen LogP contribution >= 0.6 is 11.3 Å². The summed E-state index contributed by atoms with van der Waals surface area (Å²) in [5, 5.41) is 9.65. The summed E-state index contributed by atoms with van der Waals surface area (Å²) in [6.07, 6.45) is 0.156. The van der Waals surface area contributed by atoms with Crippen LogP contribution in [0.25, 0.3) is 10.2 Å². The van der Waals surface area contributed by atoms with Crippen molar-refractivity contribution < 1.29 is 23.8 Å². The molecule has 28 heavy (non-hydrogen) atoms. The maximum Gasteiger partial charge on any atom is 0.307 e. The first kappa shape index (κ1) is 18.4. The molecule has 2 heterocycles. The summed E-state index contributed by atoms with van der Waals surface area (Å²) in [6.45, 7) is 3.42. The van der Waals surface area contributed by atoms with E-state index >= 15 is 0 Å². The number of amides is 1. The van der Waals surface area contributed by atoms with Crippen molar-refractivity contribution in [2.24, 2.45) is 0 Å². The molecule has 3 aromatic rings. The standard InChI is InChI=1S/C20H17FN2O4S/c1-3-11-5-4-6-14-17(11)23(18(26)20(2,27-14)10-16(24)25)19-22-13-9-12(21)7-8-15(13)28-19/h4-9H,3,10H2,1-2H3,(H,24,25). The lowest BCUT2D eigenvalue weighted by Crippen LogP contribution is -2.54. The van der Waals surface area contributed by atoms with Gasteiger partial charge in [-0.15, -0.1) is 0 Å². The Kier molecular flexibility index (Phi) is 4.30. The zero-order chi connectivity index (χ0) is 20.1. The Bertz CT molecular complexity index is 1110. The molecule has 0 spiro atoms. The summed E-state index contributed by atoms with van der Waals surface area (Å²) < 4.78 is 20.2. The molecule has 2 aromatic carbocycles. The molecule has 144 valence electrons. The van der Waals surface area contributed by atoms with Gasteiger partial charge in [-0.3, -0.25) is 9.59 Å². The number of carboxylic acid groups (broad SMARTS) is 1. The molecule has 1 amide bonds. The van der Waals surface area contributed by atoms with Crippen LogP contribution in [-0.2, 0) is 16.0 Å². The minimum atomic E-state index is -1.58. The van der Waals surface area contributed by atoms with Gasteiger partial charge in [-0.1, -0.05) is 30.4 Å². The first-order chi connectivity index (χ1) is 13.3. The maximum atomic E-state index is 13.6. The number of aryl methyl sites for hydroxylation is 1. The number of aromatic nitrogens is 1. The average molecular weight is 400 g/mol. The number of para-hydroxylation sites is 1. The van der Waals surface area contributed by atoms with Gasteiger partial charge >= 0.3 is 5.97 Å². The molecular weight excluding hydrogens is 383 g/mol. The van der Waals surface area contributed by atoms with Crippen molar-refractivity contribution in [3.05, 3.63) is 47.8 Å². The fourth-order valence-corrected chi connectivity index (χ4v) is 4.33. The van der Waals surface area contributed by atoms with Gasteiger partial charge in [0.1, 0.15) is 11.6 Å². The summed E-state index contributed by atoms with van der Waals surface area (Å²) in [5.41, 5.74) is 0.287. The van der Waals surface area contributed by atoms with E-state index in [2.05, 4.69) is 4.98 Å². The summed E-state index contributed by atoms with van der Waals surface area (Å²) in [4.78, 5) is 30.6. The van der Waals surface area contributed by atoms with Crippen LogP contribution in [0, 0.1) is 5.82 Å². The number of carbonyl (C=O) groups excluding carboxylic acids is 1. The molecule has 0 saturated carbocycles. The van der Waals surface area contributed by atoms with Gasteiger partial charge in [0, 0.05) is 6.07 Å². The van der Waals surface area contributed by atoms with Gasteiger partial charge in [-0.05, 0) is 37.1 Å². The number of hydrogen-bond acceptors (Lipinski definition) is 5. The van der Waals surface area contributed by atoms with E-state index in [1.807, 2.05) is 13.0 Å². The molecule has 0 radical (unpaired) electrons. The third-order valence-electron chi connectivity index (χ3n) is 4.70. The Morgan fingerprint density at radius 2 is 2.14 bits per heavy atom. The van der Waals surface area contributed by atoms with Gasteiger partial charge in [0.2, 0.25) is 0 Å². The molecule has 4 rings (SSSR count). The fraction of sp³-hybridized carbons (Fsp3) is 0.250. The number of thiazole rings is 1. The molecule has 1 aromatic heterocycles. The SMILES string of the molecule is CCc1cccc2c1N(c1nc3cc(F)ccc3s1)C(=O)C(C)(CC(=O)O)O2. The van der Waals surface area contributed by atoms with Crippen molar-refractivity contribution in [1.82, 2.24) is 4.98 Å². The predicted molar refractivity (Wildman–Crippen MR) is 104 cm³/mol. The van der Waals surface area contributed by atoms with E-state index in [0.717, 1.165) is 10.3 Å². The summed E-state index contributed by atoms with van der Waals surface area (Å²) in [6, 6.07) is 9.66. The molecule has 0 fully saturated rings. The molecule has 1 atom stereocenters. The first-order valence-corrected chi connectivity index (χ1v) is 9.57. The minimum absolute atomic E-state index is 0.354. The zero-order valence-corrected chi connectivity index (χ0v) is 16.0. The lowest BCUT2D eigenvalue weighted by Gasteiger charge is -2.39. The number of aliphatic carboxylic acids is 1. The molecule has 1 aliphatic rings. The summed E-state index contributed by atoms with van der Waals surface area (Å²) in [7, 11) is 0. The van der Waals surface area contributed by atoms with E-state index in [4.69, 9.17) is 4.74 Å². The van der Waals surface area contributed by atoms with E-state index in [9.17, 15) is 19.1 Å². The molecular formula is C20H17FN2O4S. The Balaban J connectivity index is 1.94. The van der Waals surface area contributed by atoms with E-state index in [-0.39, 0.29) is 0 Å². The second-order valence-electron chi connectivity index (χ2n) is 6.77. The number of carboxylic acids is 1. The van der Waals surface area contributed by atoms with Crippen LogP contribution in [0.4, 0.5) is 15.2 Å². The third kappa shape index (κ3) is 2.90. The lowest BCUT2D eigenvalue weighted by atomic mass is 9.96. The monoisotopic (exact) mass is 400 g/mol. The summed E-state index contributed by atoms with van der Waals surface area (Å²) >= 11 is 1.24. The number of hydrogen-bond donors (Lipinski definition) is 1. The Morgan fingerprint density at radius 1 is 1.36 bits per heavy atom. The van der Waals surface area contributed by atoms with Crippen LogP contribution in [0.1, 0.15) is 25.8 Å². The summed E-state index contributed by atoms with van der Waals surface area (Å²) in [5.74, 6) is -1.64. The van der Waals surface area contributed by atoms with Crippen LogP contribution in [-0.4, -0.2) is 27.6 Å². The maximum absolute atomic E-state index is 13.6. The number of benzene rings is 2. The molecule has 1 unspecified atom stereocenters. The zero-order valence-electron chi connectivity index (χ0n) is 15.2. The number of anilines is 2. The van der Waals surface area contributed by atoms with Gasteiger partial charge < -0.3 is 9.84 Å². The molecule has 8 heteroatoms. The highest BCUT2D eigenvalue weighted by atomic mass is 32.1. The van der Waals surface area contributed by atoms with Crippen LogP contribution in [0.3, 0.4) is 0 Å². The van der Waals surface area contributed by atoms with Gasteiger partial charge in [-0.2, -0.15) is 0 Å². The lowest BCUT2D eigenvalue weighted by molar-refractivity contribution is -0.148. The fourth-order valence-electron chi connectivity index (χ4n) is 3.38. The van der Waals surface area contributed by atoms with Crippen molar-refractivity contribution in [3.63, 3.8) is 0 Å². The smallest absolute Gasteiger partial charge is 0.307 e. The number of nitrogens with zero attached hydrogens (tertiary/aromatic N) is 2. The Labute approximate surface area is 164 Å².